The SMILES string of the molecule is CCOC(=O)c1ccoc1CNc1ccc(S(=O)(=O)N2CCC[C@@H](C)C2)cc1. The molecule has 0 unspecified atom stereocenters. The van der Waals surface area contributed by atoms with Crippen LogP contribution in [0.3, 0.4) is 0 Å². The molecule has 1 saturated heterocycles. The third kappa shape index (κ3) is 4.56. The van der Waals surface area contributed by atoms with E-state index >= 15 is 0 Å². The highest BCUT2D eigenvalue weighted by Gasteiger charge is 2.28. The average Bonchev–Trinajstić information content (AvgIpc) is 3.16. The van der Waals surface area contributed by atoms with E-state index < -0.39 is 16.0 Å². The third-order valence-electron chi connectivity index (χ3n) is 4.81. The van der Waals surface area contributed by atoms with Gasteiger partial charge >= 0.3 is 5.97 Å². The molecule has 1 aromatic heterocycles. The van der Waals surface area contributed by atoms with Crippen LogP contribution in [0.25, 0.3) is 0 Å². The van der Waals surface area contributed by atoms with E-state index in [2.05, 4.69) is 12.2 Å². The molecular weight excluding hydrogens is 380 g/mol. The molecule has 152 valence electrons. The van der Waals surface area contributed by atoms with Gasteiger partial charge in [0.15, 0.2) is 0 Å². The molecule has 3 rings (SSSR count). The Labute approximate surface area is 165 Å². The second-order valence-electron chi connectivity index (χ2n) is 6.97. The van der Waals surface area contributed by atoms with Crippen LogP contribution in [0, 0.1) is 5.92 Å². The fourth-order valence-electron chi connectivity index (χ4n) is 3.31. The molecular formula is C20H26N2O5S. The second kappa shape index (κ2) is 8.79. The van der Waals surface area contributed by atoms with Gasteiger partial charge in [-0.1, -0.05) is 6.92 Å². The van der Waals surface area contributed by atoms with E-state index in [1.165, 1.54) is 6.26 Å². The Kier molecular flexibility index (Phi) is 6.41. The van der Waals surface area contributed by atoms with Gasteiger partial charge in [-0.3, -0.25) is 0 Å². The number of carbonyl (C=O) groups is 1. The van der Waals surface area contributed by atoms with Gasteiger partial charge in [-0.15, -0.1) is 0 Å². The maximum atomic E-state index is 12.8. The number of nitrogens with one attached hydrogen (secondary N) is 1. The Morgan fingerprint density at radius 1 is 1.29 bits per heavy atom. The molecule has 0 aliphatic carbocycles. The summed E-state index contributed by atoms with van der Waals surface area (Å²) in [6.07, 6.45) is 3.40. The minimum atomic E-state index is -3.47. The largest absolute Gasteiger partial charge is 0.467 e. The van der Waals surface area contributed by atoms with Crippen LogP contribution in [-0.2, 0) is 21.3 Å². The van der Waals surface area contributed by atoms with Crippen molar-refractivity contribution in [2.75, 3.05) is 25.0 Å². The number of furan rings is 1. The summed E-state index contributed by atoms with van der Waals surface area (Å²) >= 11 is 0. The van der Waals surface area contributed by atoms with Crippen LogP contribution in [0.15, 0.2) is 45.9 Å². The number of nitrogens with zero attached hydrogens (tertiary/aromatic N) is 1. The van der Waals surface area contributed by atoms with E-state index in [0.29, 0.717) is 36.9 Å². The van der Waals surface area contributed by atoms with E-state index in [1.54, 1.807) is 41.6 Å². The molecule has 1 fully saturated rings. The zero-order chi connectivity index (χ0) is 20.1. The predicted octanol–water partition coefficient (Wildman–Crippen LogP) is 3.49. The maximum Gasteiger partial charge on any atom is 0.341 e. The number of piperidine rings is 1. The van der Waals surface area contributed by atoms with E-state index in [1.807, 2.05) is 0 Å². The van der Waals surface area contributed by atoms with Crippen molar-refractivity contribution >= 4 is 21.7 Å². The van der Waals surface area contributed by atoms with Crippen LogP contribution >= 0.6 is 0 Å². The van der Waals surface area contributed by atoms with Gasteiger partial charge in [0.25, 0.3) is 0 Å². The number of hydrogen-bond donors (Lipinski definition) is 1. The monoisotopic (exact) mass is 406 g/mol. The smallest absolute Gasteiger partial charge is 0.341 e. The summed E-state index contributed by atoms with van der Waals surface area (Å²) < 4.78 is 37.5. The molecule has 1 N–H and O–H groups in total. The number of hydrogen-bond acceptors (Lipinski definition) is 6. The number of sulfonamides is 1. The summed E-state index contributed by atoms with van der Waals surface area (Å²) in [4.78, 5) is 12.2. The molecule has 1 aliphatic rings. The van der Waals surface area contributed by atoms with E-state index in [0.717, 1.165) is 18.5 Å². The molecule has 0 amide bonds. The molecule has 8 heteroatoms. The zero-order valence-electron chi connectivity index (χ0n) is 16.2. The van der Waals surface area contributed by atoms with Crippen LogP contribution < -0.4 is 5.32 Å². The molecule has 28 heavy (non-hydrogen) atoms. The molecule has 0 saturated carbocycles. The highest BCUT2D eigenvalue weighted by molar-refractivity contribution is 7.89. The van der Waals surface area contributed by atoms with Gasteiger partial charge in [-0.25, -0.2) is 13.2 Å². The van der Waals surface area contributed by atoms with Crippen molar-refractivity contribution in [3.8, 4) is 0 Å². The van der Waals surface area contributed by atoms with Crippen molar-refractivity contribution in [3.63, 3.8) is 0 Å². The van der Waals surface area contributed by atoms with Crippen molar-refractivity contribution in [1.29, 1.82) is 0 Å². The molecule has 1 aliphatic heterocycles. The number of benzene rings is 1. The molecule has 2 heterocycles. The Morgan fingerprint density at radius 2 is 2.04 bits per heavy atom. The first-order chi connectivity index (χ1) is 13.4. The fraction of sp³-hybridized carbons (Fsp3) is 0.450. The molecule has 1 atom stereocenters. The van der Waals surface area contributed by atoms with Gasteiger partial charge in [-0.2, -0.15) is 4.31 Å². The predicted molar refractivity (Wildman–Crippen MR) is 106 cm³/mol. The van der Waals surface area contributed by atoms with Crippen molar-refractivity contribution in [1.82, 2.24) is 4.31 Å². The fourth-order valence-corrected chi connectivity index (χ4v) is 4.91. The van der Waals surface area contributed by atoms with Gasteiger partial charge in [-0.05, 0) is 56.0 Å². The Balaban J connectivity index is 1.65. The quantitative estimate of drug-likeness (QED) is 0.708. The van der Waals surface area contributed by atoms with E-state index in [9.17, 15) is 13.2 Å². The van der Waals surface area contributed by atoms with Crippen molar-refractivity contribution < 1.29 is 22.4 Å². The van der Waals surface area contributed by atoms with Gasteiger partial charge in [0.2, 0.25) is 10.0 Å². The number of anilines is 1. The minimum absolute atomic E-state index is 0.289. The first-order valence-electron chi connectivity index (χ1n) is 9.49. The molecule has 0 spiro atoms. The lowest BCUT2D eigenvalue weighted by atomic mass is 10.0. The summed E-state index contributed by atoms with van der Waals surface area (Å²) in [7, 11) is -3.47. The standard InChI is InChI=1S/C20H26N2O5S/c1-3-26-20(23)18-10-12-27-19(18)13-21-16-6-8-17(9-7-16)28(24,25)22-11-4-5-15(2)14-22/h6-10,12,15,21H,3-5,11,13-14H2,1-2H3/t15-/m1/s1. The molecule has 1 aromatic carbocycles. The molecule has 0 bridgehead atoms. The average molecular weight is 407 g/mol. The van der Waals surface area contributed by atoms with E-state index in [4.69, 9.17) is 9.15 Å². The van der Waals surface area contributed by atoms with E-state index in [-0.39, 0.29) is 11.4 Å². The van der Waals surface area contributed by atoms with Crippen molar-refractivity contribution in [3.05, 3.63) is 47.9 Å². The lowest BCUT2D eigenvalue weighted by molar-refractivity contribution is 0.0524. The van der Waals surface area contributed by atoms with Gasteiger partial charge in [0, 0.05) is 18.8 Å². The van der Waals surface area contributed by atoms with Crippen LogP contribution in [0.4, 0.5) is 5.69 Å². The zero-order valence-corrected chi connectivity index (χ0v) is 17.0. The van der Waals surface area contributed by atoms with Crippen LogP contribution in [0.5, 0.6) is 0 Å². The lowest BCUT2D eigenvalue weighted by Crippen LogP contribution is -2.39. The summed E-state index contributed by atoms with van der Waals surface area (Å²) in [6, 6.07) is 8.21. The lowest BCUT2D eigenvalue weighted by Gasteiger charge is -2.30. The maximum absolute atomic E-state index is 12.8. The number of carbonyl (C=O) groups excluding carboxylic acids is 1. The third-order valence-corrected chi connectivity index (χ3v) is 6.69. The van der Waals surface area contributed by atoms with Crippen LogP contribution in [0.1, 0.15) is 42.8 Å². The normalized spacial score (nSPS) is 18.0. The Hall–Kier alpha value is -2.32. The topological polar surface area (TPSA) is 88.8 Å². The first kappa shape index (κ1) is 20.4. The van der Waals surface area contributed by atoms with Crippen LogP contribution in [0.2, 0.25) is 0 Å². The summed E-state index contributed by atoms with van der Waals surface area (Å²) in [5, 5.41) is 3.14. The van der Waals surface area contributed by atoms with Gasteiger partial charge in [0.05, 0.1) is 24.3 Å². The summed E-state index contributed by atoms with van der Waals surface area (Å²) in [6.45, 7) is 5.54. The Bertz CT molecular complexity index is 905. The van der Waals surface area contributed by atoms with Gasteiger partial charge < -0.3 is 14.5 Å². The first-order valence-corrected chi connectivity index (χ1v) is 10.9. The highest BCUT2D eigenvalue weighted by atomic mass is 32.2. The summed E-state index contributed by atoms with van der Waals surface area (Å²) in [5.41, 5.74) is 1.12. The number of rotatable bonds is 7. The second-order valence-corrected chi connectivity index (χ2v) is 8.90. The van der Waals surface area contributed by atoms with Crippen molar-refractivity contribution in [2.24, 2.45) is 5.92 Å². The summed E-state index contributed by atoms with van der Waals surface area (Å²) in [5.74, 6) is 0.425. The molecule has 7 nitrogen and oxygen atoms in total. The highest BCUT2D eigenvalue weighted by Crippen LogP contribution is 2.24. The number of esters is 1. The van der Waals surface area contributed by atoms with Crippen molar-refractivity contribution in [2.45, 2.75) is 38.1 Å². The minimum Gasteiger partial charge on any atom is -0.467 e. The van der Waals surface area contributed by atoms with Crippen LogP contribution in [-0.4, -0.2) is 38.4 Å². The molecule has 0 radical (unpaired) electrons. The molecule has 2 aromatic rings. The number of ether oxygens (including phenoxy) is 1. The Morgan fingerprint density at radius 3 is 2.71 bits per heavy atom. The van der Waals surface area contributed by atoms with Gasteiger partial charge in [0.1, 0.15) is 11.3 Å².